The van der Waals surface area contributed by atoms with Crippen LogP contribution in [-0.4, -0.2) is 146 Å². The lowest BCUT2D eigenvalue weighted by Crippen LogP contribution is -2.35. The highest BCUT2D eigenvalue weighted by molar-refractivity contribution is 6.05. The molecule has 3 aliphatic rings. The van der Waals surface area contributed by atoms with Crippen LogP contribution in [0.25, 0.3) is 0 Å². The average Bonchev–Trinajstić information content (AvgIpc) is 1.58. The second-order valence-corrected chi connectivity index (χ2v) is 29.5. The number of aryl methyl sites for hydroxylation is 1. The number of aliphatic hydroxyl groups excluding tert-OH is 2. The number of carbonyl (C=O) groups excluding carboxylic acids is 6. The standard InChI is InChI=1S/C29H33F2N3O4.C28H31F2N3O5.C27H27F2N3O6/c1-17-5-4-6-26(36)28(17)27(37)16-33(15-20-11-22(30)13-23(31)12-20)29(38)25-14-32-34(18(25)2)24-9-7-21(8-10-24)19(3)35;1-16-23(13-31-33(16)22-8-6-19(7-9-22)17(2)34)28(38)32(14-18-10-20(29)12-21(30)11-18)15-26(37)27-24(35)4-3-5-25(27)36;1-15-21(12-30-32(15)20-7-5-17(6-8-20)27(37)38)26(36)31(13-16-9-18(28)11-19(29)10-16)14-24(35)25-22(33)3-2-4-23(25)34/h4-6,11-14,21,24,27,36-37H,7-10,15-16H2,1-3H3;3-5,10-13,19,22,26,35-37H,6-9,14-15H2,1-2H3;2-4,9-12,17,20,33-34H,5-8,13-14H2,1H3,(H,37,38). The summed E-state index contributed by atoms with van der Waals surface area (Å²) in [5.41, 5.74) is 3.35. The summed E-state index contributed by atoms with van der Waals surface area (Å²) in [6.07, 6.45) is 9.72. The van der Waals surface area contributed by atoms with Gasteiger partial charge in [0.2, 0.25) is 0 Å². The number of carboxylic acid groups (broad SMARTS) is 1. The lowest BCUT2D eigenvalue weighted by atomic mass is 9.84. The maximum Gasteiger partial charge on any atom is 0.306 e. The van der Waals surface area contributed by atoms with Gasteiger partial charge in [0.15, 0.2) is 5.78 Å². The third kappa shape index (κ3) is 20.6. The van der Waals surface area contributed by atoms with Gasteiger partial charge in [-0.2, -0.15) is 15.3 Å². The van der Waals surface area contributed by atoms with E-state index in [1.54, 1.807) is 63.0 Å². The molecule has 30 heteroatoms. The number of aliphatic carboxylic acids is 1. The van der Waals surface area contributed by atoms with Crippen molar-refractivity contribution in [2.24, 2.45) is 17.8 Å². The summed E-state index contributed by atoms with van der Waals surface area (Å²) < 4.78 is 88.6. The molecule has 2 atom stereocenters. The number of phenolic OH excluding ortho intramolecular Hbond substituents is 5. The fourth-order valence-corrected chi connectivity index (χ4v) is 15.6. The van der Waals surface area contributed by atoms with Crippen molar-refractivity contribution in [3.63, 3.8) is 0 Å². The van der Waals surface area contributed by atoms with E-state index in [0.29, 0.717) is 60.0 Å². The van der Waals surface area contributed by atoms with Gasteiger partial charge in [-0.1, -0.05) is 24.3 Å². The maximum absolute atomic E-state index is 13.9. The minimum Gasteiger partial charge on any atom is -0.508 e. The zero-order valence-corrected chi connectivity index (χ0v) is 63.7. The lowest BCUT2D eigenvalue weighted by Gasteiger charge is -2.29. The Labute approximate surface area is 653 Å². The molecule has 24 nitrogen and oxygen atoms in total. The fraction of sp³-hybridized carbons (Fsp3) is 0.381. The van der Waals surface area contributed by atoms with Gasteiger partial charge in [-0.15, -0.1) is 0 Å². The number of carbonyl (C=O) groups is 7. The second-order valence-electron chi connectivity index (χ2n) is 29.5. The molecule has 0 radical (unpaired) electrons. The molecule has 0 bridgehead atoms. The number of phenols is 5. The Kier molecular flexibility index (Phi) is 27.8. The second kappa shape index (κ2) is 37.3. The van der Waals surface area contributed by atoms with Crippen molar-refractivity contribution in [3.05, 3.63) is 235 Å². The number of benzene rings is 6. The minimum atomic E-state index is -1.49. The molecule has 604 valence electrons. The molecule has 0 aliphatic heterocycles. The number of carboxylic acids is 1. The van der Waals surface area contributed by atoms with Crippen LogP contribution in [0.3, 0.4) is 0 Å². The van der Waals surface area contributed by atoms with Crippen molar-refractivity contribution in [1.82, 2.24) is 44.0 Å². The third-order valence-electron chi connectivity index (χ3n) is 21.6. The van der Waals surface area contributed by atoms with Crippen molar-refractivity contribution in [3.8, 4) is 28.7 Å². The quantitative estimate of drug-likeness (QED) is 0.0206. The summed E-state index contributed by atoms with van der Waals surface area (Å²) >= 11 is 0. The number of Topliss-reactive ketones (excluding diaryl/α,β-unsaturated/α-hetero) is 3. The summed E-state index contributed by atoms with van der Waals surface area (Å²) in [5, 5.41) is 95.3. The van der Waals surface area contributed by atoms with E-state index in [0.717, 1.165) is 105 Å². The van der Waals surface area contributed by atoms with Gasteiger partial charge < -0.3 is 55.6 Å². The molecular formula is C84H91F6N9O15. The number of hydrogen-bond acceptors (Lipinski definition) is 17. The summed E-state index contributed by atoms with van der Waals surface area (Å²) in [7, 11) is 0. The Morgan fingerprint density at radius 2 is 0.702 bits per heavy atom. The molecule has 12 rings (SSSR count). The zero-order valence-electron chi connectivity index (χ0n) is 63.7. The van der Waals surface area contributed by atoms with Gasteiger partial charge in [0.1, 0.15) is 93.0 Å². The number of nitrogens with zero attached hydrogens (tertiary/aromatic N) is 9. The monoisotopic (exact) mass is 1580 g/mol. The first-order valence-corrected chi connectivity index (χ1v) is 37.4. The van der Waals surface area contributed by atoms with E-state index in [1.165, 1.54) is 70.9 Å². The first-order valence-electron chi connectivity index (χ1n) is 37.4. The van der Waals surface area contributed by atoms with E-state index < -0.39 is 101 Å². The highest BCUT2D eigenvalue weighted by atomic mass is 19.2. The van der Waals surface area contributed by atoms with Gasteiger partial charge in [-0.3, -0.25) is 47.6 Å². The molecule has 8 N–H and O–H groups in total. The van der Waals surface area contributed by atoms with Crippen LogP contribution in [0.1, 0.15) is 213 Å². The molecule has 9 aromatic rings. The molecule has 2 unspecified atom stereocenters. The van der Waals surface area contributed by atoms with Crippen molar-refractivity contribution in [2.45, 2.75) is 169 Å². The van der Waals surface area contributed by atoms with E-state index >= 15 is 0 Å². The van der Waals surface area contributed by atoms with Gasteiger partial charge in [0.05, 0.1) is 84.5 Å². The molecule has 3 fully saturated rings. The van der Waals surface area contributed by atoms with Gasteiger partial charge in [-0.05, 0) is 208 Å². The third-order valence-corrected chi connectivity index (χ3v) is 21.6. The van der Waals surface area contributed by atoms with Crippen LogP contribution in [0, 0.1) is 80.4 Å². The molecule has 3 heterocycles. The number of ketones is 3. The first-order chi connectivity index (χ1) is 54.1. The minimum absolute atomic E-state index is 0.0294. The van der Waals surface area contributed by atoms with E-state index in [1.807, 2.05) is 4.68 Å². The van der Waals surface area contributed by atoms with E-state index in [9.17, 15) is 101 Å². The predicted octanol–water partition coefficient (Wildman–Crippen LogP) is 14.0. The maximum atomic E-state index is 13.9. The topological polar surface area (TPSA) is 345 Å². The summed E-state index contributed by atoms with van der Waals surface area (Å²) in [4.78, 5) is 92.5. The van der Waals surface area contributed by atoms with Crippen molar-refractivity contribution < 1.29 is 101 Å². The largest absolute Gasteiger partial charge is 0.508 e. The van der Waals surface area contributed by atoms with Crippen LogP contribution < -0.4 is 0 Å². The van der Waals surface area contributed by atoms with Crippen LogP contribution in [-0.2, 0) is 34.0 Å². The fourth-order valence-electron chi connectivity index (χ4n) is 15.6. The Morgan fingerprint density at radius 1 is 0.412 bits per heavy atom. The van der Waals surface area contributed by atoms with Crippen LogP contribution >= 0.6 is 0 Å². The summed E-state index contributed by atoms with van der Waals surface area (Å²) in [6.45, 7) is 8.25. The molecule has 3 aromatic heterocycles. The Morgan fingerprint density at radius 3 is 1.03 bits per heavy atom. The van der Waals surface area contributed by atoms with E-state index in [2.05, 4.69) is 15.3 Å². The molecule has 0 spiro atoms. The predicted molar refractivity (Wildman–Crippen MR) is 403 cm³/mol. The van der Waals surface area contributed by atoms with Crippen LogP contribution in [0.15, 0.2) is 128 Å². The Balaban J connectivity index is 0.000000181. The van der Waals surface area contributed by atoms with Crippen molar-refractivity contribution in [1.29, 1.82) is 0 Å². The smallest absolute Gasteiger partial charge is 0.306 e. The molecule has 3 aliphatic carbocycles. The molecule has 114 heavy (non-hydrogen) atoms. The summed E-state index contributed by atoms with van der Waals surface area (Å²) in [6, 6.07) is 21.3. The first kappa shape index (κ1) is 84.8. The van der Waals surface area contributed by atoms with Gasteiger partial charge >= 0.3 is 5.97 Å². The number of rotatable bonds is 24. The highest BCUT2D eigenvalue weighted by Gasteiger charge is 2.36. The molecular weight excluding hydrogens is 1490 g/mol. The normalized spacial score (nSPS) is 17.9. The number of halogens is 6. The molecule has 6 aromatic carbocycles. The van der Waals surface area contributed by atoms with Gasteiger partial charge in [-0.25, -0.2) is 26.3 Å². The number of hydrogen-bond donors (Lipinski definition) is 8. The van der Waals surface area contributed by atoms with Gasteiger partial charge in [0.25, 0.3) is 17.7 Å². The number of aromatic nitrogens is 6. The number of amides is 3. The van der Waals surface area contributed by atoms with Crippen molar-refractivity contribution in [2.75, 3.05) is 19.6 Å². The summed E-state index contributed by atoms with van der Waals surface area (Å²) in [5.74, 6) is -9.80. The van der Waals surface area contributed by atoms with Crippen LogP contribution in [0.4, 0.5) is 26.3 Å². The molecule has 3 amide bonds. The number of aromatic hydroxyl groups is 5. The molecule has 0 saturated heterocycles. The zero-order chi connectivity index (χ0) is 82.7. The van der Waals surface area contributed by atoms with E-state index in [4.69, 9.17) is 0 Å². The van der Waals surface area contributed by atoms with E-state index in [-0.39, 0.29) is 136 Å². The van der Waals surface area contributed by atoms with Crippen molar-refractivity contribution >= 4 is 41.0 Å². The van der Waals surface area contributed by atoms with Crippen LogP contribution in [0.5, 0.6) is 28.7 Å². The Bertz CT molecular complexity index is 4700. The highest BCUT2D eigenvalue weighted by Crippen LogP contribution is 2.40. The Hall–Kier alpha value is -11.7. The lowest BCUT2D eigenvalue weighted by molar-refractivity contribution is -0.143. The number of aliphatic hydroxyl groups is 2. The van der Waals surface area contributed by atoms with Gasteiger partial charge in [0, 0.05) is 72.3 Å². The average molecular weight is 1580 g/mol. The van der Waals surface area contributed by atoms with Crippen LogP contribution in [0.2, 0.25) is 0 Å². The SMILES string of the molecule is CC(=O)C1CCC(n2ncc(C(=O)N(Cc3cc(F)cc(F)c3)CC(O)c3c(C)cccc3O)c2C)CC1.CC(=O)C1CCC(n2ncc(C(=O)N(Cc3cc(F)cc(F)c3)CC(O)c3c(O)cccc3O)c2C)CC1.Cc1c(C(=O)N(CC(=O)c2c(O)cccc2O)Cc2cc(F)cc(F)c2)cnn1C1CCC(C(=O)O)CC1. The molecule has 3 saturated carbocycles.